The number of carbonyl (C=O) groups is 1. The second-order valence-corrected chi connectivity index (χ2v) is 4.38. The number of aliphatic hydroxyl groups is 1. The average Bonchev–Trinajstić information content (AvgIpc) is 2.36. The summed E-state index contributed by atoms with van der Waals surface area (Å²) in [7, 11) is 0. The minimum absolute atomic E-state index is 0.0673. The standard InChI is InChI=1S/C14H17F3N2O2/c1-2-6-19(7-8-20)13(21)18-12-5-3-4-11(9-12)10-14(15,16)17/h2-5,9,20H,1,6-8,10H2,(H,18,21). The maximum absolute atomic E-state index is 12.3. The van der Waals surface area contributed by atoms with Crippen molar-refractivity contribution in [3.8, 4) is 0 Å². The molecule has 0 saturated carbocycles. The molecule has 1 aromatic carbocycles. The first-order valence-electron chi connectivity index (χ1n) is 6.29. The molecule has 21 heavy (non-hydrogen) atoms. The number of urea groups is 1. The Kier molecular flexibility index (Phi) is 6.23. The maximum atomic E-state index is 12.3. The number of nitrogens with zero attached hydrogens (tertiary/aromatic N) is 1. The van der Waals surface area contributed by atoms with Crippen LogP contribution >= 0.6 is 0 Å². The predicted octanol–water partition coefficient (Wildman–Crippen LogP) is 2.80. The van der Waals surface area contributed by atoms with Crippen LogP contribution in [0.2, 0.25) is 0 Å². The molecule has 0 atom stereocenters. The molecule has 0 bridgehead atoms. The van der Waals surface area contributed by atoms with Crippen LogP contribution in [0, 0.1) is 0 Å². The van der Waals surface area contributed by atoms with Gasteiger partial charge >= 0.3 is 12.2 Å². The monoisotopic (exact) mass is 302 g/mol. The van der Waals surface area contributed by atoms with E-state index in [1.807, 2.05) is 0 Å². The van der Waals surface area contributed by atoms with E-state index in [0.717, 1.165) is 0 Å². The minimum atomic E-state index is -4.30. The van der Waals surface area contributed by atoms with E-state index in [1.54, 1.807) is 0 Å². The van der Waals surface area contributed by atoms with Crippen LogP contribution in [0.15, 0.2) is 36.9 Å². The lowest BCUT2D eigenvalue weighted by Gasteiger charge is -2.20. The lowest BCUT2D eigenvalue weighted by Crippen LogP contribution is -2.37. The van der Waals surface area contributed by atoms with E-state index in [2.05, 4.69) is 11.9 Å². The SMILES string of the molecule is C=CCN(CCO)C(=O)Nc1cccc(CC(F)(F)F)c1. The Hall–Kier alpha value is -2.02. The lowest BCUT2D eigenvalue weighted by atomic mass is 10.1. The quantitative estimate of drug-likeness (QED) is 0.794. The van der Waals surface area contributed by atoms with Crippen molar-refractivity contribution in [3.63, 3.8) is 0 Å². The number of amides is 2. The molecular weight excluding hydrogens is 285 g/mol. The normalized spacial score (nSPS) is 11.0. The van der Waals surface area contributed by atoms with Crippen molar-refractivity contribution in [2.45, 2.75) is 12.6 Å². The highest BCUT2D eigenvalue weighted by Gasteiger charge is 2.27. The largest absolute Gasteiger partial charge is 0.395 e. The molecule has 116 valence electrons. The topological polar surface area (TPSA) is 52.6 Å². The number of aliphatic hydroxyl groups excluding tert-OH is 1. The van der Waals surface area contributed by atoms with Crippen molar-refractivity contribution in [1.29, 1.82) is 0 Å². The molecule has 0 aliphatic heterocycles. The molecular formula is C14H17F3N2O2. The molecule has 2 amide bonds. The zero-order valence-corrected chi connectivity index (χ0v) is 11.4. The molecule has 2 N–H and O–H groups in total. The van der Waals surface area contributed by atoms with Gasteiger partial charge in [-0.05, 0) is 17.7 Å². The summed E-state index contributed by atoms with van der Waals surface area (Å²) in [4.78, 5) is 13.2. The first kappa shape index (κ1) is 17.0. The molecule has 0 heterocycles. The van der Waals surface area contributed by atoms with Crippen molar-refractivity contribution in [2.24, 2.45) is 0 Å². The first-order valence-corrected chi connectivity index (χ1v) is 6.29. The van der Waals surface area contributed by atoms with E-state index in [9.17, 15) is 18.0 Å². The number of hydrogen-bond acceptors (Lipinski definition) is 2. The van der Waals surface area contributed by atoms with Gasteiger partial charge in [-0.25, -0.2) is 4.79 Å². The van der Waals surface area contributed by atoms with E-state index in [4.69, 9.17) is 5.11 Å². The van der Waals surface area contributed by atoms with Gasteiger partial charge in [0, 0.05) is 18.8 Å². The van der Waals surface area contributed by atoms with Crippen LogP contribution in [0.1, 0.15) is 5.56 Å². The van der Waals surface area contributed by atoms with E-state index in [1.165, 1.54) is 35.2 Å². The third-order valence-electron chi connectivity index (χ3n) is 2.59. The second kappa shape index (κ2) is 7.68. The second-order valence-electron chi connectivity index (χ2n) is 4.38. The molecule has 0 aliphatic rings. The number of benzene rings is 1. The number of anilines is 1. The zero-order chi connectivity index (χ0) is 15.9. The highest BCUT2D eigenvalue weighted by atomic mass is 19.4. The smallest absolute Gasteiger partial charge is 0.393 e. The fraction of sp³-hybridized carbons (Fsp3) is 0.357. The Labute approximate surface area is 120 Å². The van der Waals surface area contributed by atoms with Crippen LogP contribution < -0.4 is 5.32 Å². The van der Waals surface area contributed by atoms with Crippen LogP contribution in [-0.2, 0) is 6.42 Å². The molecule has 0 aliphatic carbocycles. The number of alkyl halides is 3. The van der Waals surface area contributed by atoms with Crippen molar-refractivity contribution in [2.75, 3.05) is 25.0 Å². The molecule has 0 fully saturated rings. The number of hydrogen-bond donors (Lipinski definition) is 2. The highest BCUT2D eigenvalue weighted by Crippen LogP contribution is 2.23. The predicted molar refractivity (Wildman–Crippen MR) is 74.1 cm³/mol. The van der Waals surface area contributed by atoms with Crippen LogP contribution in [-0.4, -0.2) is 41.9 Å². The molecule has 0 unspecified atom stereocenters. The van der Waals surface area contributed by atoms with Gasteiger partial charge < -0.3 is 15.3 Å². The number of halogens is 3. The lowest BCUT2D eigenvalue weighted by molar-refractivity contribution is -0.127. The summed E-state index contributed by atoms with van der Waals surface area (Å²) in [5.74, 6) is 0. The minimum Gasteiger partial charge on any atom is -0.395 e. The van der Waals surface area contributed by atoms with Gasteiger partial charge in [-0.2, -0.15) is 13.2 Å². The maximum Gasteiger partial charge on any atom is 0.393 e. The van der Waals surface area contributed by atoms with Gasteiger partial charge in [-0.15, -0.1) is 6.58 Å². The molecule has 0 aromatic heterocycles. The fourth-order valence-corrected chi connectivity index (χ4v) is 1.75. The molecule has 0 spiro atoms. The van der Waals surface area contributed by atoms with Gasteiger partial charge in [0.25, 0.3) is 0 Å². The molecule has 1 aromatic rings. The van der Waals surface area contributed by atoms with Crippen molar-refractivity contribution < 1.29 is 23.1 Å². The summed E-state index contributed by atoms with van der Waals surface area (Å²) in [5, 5.41) is 11.4. The molecule has 0 radical (unpaired) electrons. The van der Waals surface area contributed by atoms with E-state index in [-0.39, 0.29) is 30.9 Å². The summed E-state index contributed by atoms with van der Waals surface area (Å²) < 4.78 is 37.0. The van der Waals surface area contributed by atoms with Gasteiger partial charge in [0.2, 0.25) is 0 Å². The molecule has 1 rings (SSSR count). The summed E-state index contributed by atoms with van der Waals surface area (Å²) >= 11 is 0. The van der Waals surface area contributed by atoms with Crippen molar-refractivity contribution >= 4 is 11.7 Å². The summed E-state index contributed by atoms with van der Waals surface area (Å²) in [5.41, 5.74) is 0.339. The Morgan fingerprint density at radius 2 is 2.14 bits per heavy atom. The van der Waals surface area contributed by atoms with Crippen LogP contribution in [0.25, 0.3) is 0 Å². The van der Waals surface area contributed by atoms with Crippen molar-refractivity contribution in [3.05, 3.63) is 42.5 Å². The van der Waals surface area contributed by atoms with E-state index < -0.39 is 18.6 Å². The van der Waals surface area contributed by atoms with Crippen LogP contribution in [0.4, 0.5) is 23.7 Å². The summed E-state index contributed by atoms with van der Waals surface area (Å²) in [6.07, 6.45) is -3.85. The highest BCUT2D eigenvalue weighted by molar-refractivity contribution is 5.89. The van der Waals surface area contributed by atoms with Crippen LogP contribution in [0.3, 0.4) is 0 Å². The number of rotatable bonds is 6. The van der Waals surface area contributed by atoms with Crippen LogP contribution in [0.5, 0.6) is 0 Å². The van der Waals surface area contributed by atoms with Crippen molar-refractivity contribution in [1.82, 2.24) is 4.90 Å². The zero-order valence-electron chi connectivity index (χ0n) is 11.4. The third-order valence-corrected chi connectivity index (χ3v) is 2.59. The summed E-state index contributed by atoms with van der Waals surface area (Å²) in [6.45, 7) is 3.63. The van der Waals surface area contributed by atoms with Gasteiger partial charge in [0.1, 0.15) is 0 Å². The van der Waals surface area contributed by atoms with E-state index in [0.29, 0.717) is 0 Å². The molecule has 7 heteroatoms. The summed E-state index contributed by atoms with van der Waals surface area (Å²) in [6, 6.07) is 5.06. The average molecular weight is 302 g/mol. The third kappa shape index (κ3) is 6.31. The Morgan fingerprint density at radius 3 is 2.71 bits per heavy atom. The number of carbonyl (C=O) groups excluding carboxylic acids is 1. The van der Waals surface area contributed by atoms with E-state index >= 15 is 0 Å². The molecule has 0 saturated heterocycles. The first-order chi connectivity index (χ1) is 9.85. The fourth-order valence-electron chi connectivity index (χ4n) is 1.75. The Bertz CT molecular complexity index is 489. The molecule has 4 nitrogen and oxygen atoms in total. The Morgan fingerprint density at radius 1 is 1.43 bits per heavy atom. The number of nitrogens with one attached hydrogen (secondary N) is 1. The van der Waals surface area contributed by atoms with Gasteiger partial charge in [-0.1, -0.05) is 18.2 Å². The van der Waals surface area contributed by atoms with Gasteiger partial charge in [0.05, 0.1) is 13.0 Å². The van der Waals surface area contributed by atoms with Gasteiger partial charge in [0.15, 0.2) is 0 Å². The Balaban J connectivity index is 2.75. The van der Waals surface area contributed by atoms with Gasteiger partial charge in [-0.3, -0.25) is 0 Å².